The average Bonchev–Trinajstić information content (AvgIpc) is 3.45. The van der Waals surface area contributed by atoms with Crippen molar-refractivity contribution in [3.8, 4) is 0 Å². The number of allylic oxidation sites excluding steroid dienone is 21. The third-order valence-electron chi connectivity index (χ3n) is 12.6. The van der Waals surface area contributed by atoms with Gasteiger partial charge in [-0.2, -0.15) is 0 Å². The standard InChI is InChI=1S/C68H111O11P/c1-4-7-10-13-16-19-22-25-28-30-32-34-37-40-43-46-49-52-55-58-67(71)78-64(60-69)62-76-80(73,74)77-63-65(61-75-66(70)57-54-51-48-45-42-39-36-27-24-21-18-15-12-9-6-3)79-68(72)59-56-53-50-47-44-41-38-35-33-31-29-26-23-20-17-14-11-8-5-2/h8-9,11-12,17-18,20-21,25-29,33,35-36,41-42,44-45,51,54,64-65,69H,4-7,10,13-16,19,22-24,30-32,34,37-40,43,46-50,52-53,55-63H2,1-3H3,(H,73,74)/b11-8-,12-9-,20-17-,21-18-,28-25-,29-26-,35-33-,36-27-,44-41-,45-42-,54-51-. The highest BCUT2D eigenvalue weighted by molar-refractivity contribution is 7.47. The van der Waals surface area contributed by atoms with Crippen molar-refractivity contribution < 1.29 is 52.2 Å². The molecule has 12 heteroatoms. The molecule has 0 rings (SSSR count). The molecular formula is C68H111O11P. The highest BCUT2D eigenvalue weighted by Gasteiger charge is 2.28. The second kappa shape index (κ2) is 60.7. The maximum atomic E-state index is 12.9. The van der Waals surface area contributed by atoms with Gasteiger partial charge in [0, 0.05) is 12.8 Å². The summed E-state index contributed by atoms with van der Waals surface area (Å²) in [6.45, 7) is 4.26. The van der Waals surface area contributed by atoms with E-state index < -0.39 is 64.4 Å². The van der Waals surface area contributed by atoms with E-state index in [4.69, 9.17) is 23.3 Å². The molecule has 0 saturated carbocycles. The first-order valence-corrected chi connectivity index (χ1v) is 32.6. The predicted molar refractivity (Wildman–Crippen MR) is 334 cm³/mol. The summed E-state index contributed by atoms with van der Waals surface area (Å²) in [5.74, 6) is -1.67. The van der Waals surface area contributed by atoms with E-state index in [0.29, 0.717) is 19.3 Å². The fourth-order valence-electron chi connectivity index (χ4n) is 7.92. The SMILES string of the molecule is CC/C=C\C/C=C\C/C=C\C/C=C\C/C=C\CCCCCC(=O)OC(COC(=O)C/C=C\C/C=C\C/C=C\C/C=C\C/C=C\CC)COP(=O)(O)OCC(CO)OC(=O)CCCCCCCCCCC/C=C\CCCCCCCC. The van der Waals surface area contributed by atoms with Crippen LogP contribution in [0.1, 0.15) is 239 Å². The number of esters is 3. The molecule has 0 saturated heterocycles. The summed E-state index contributed by atoms with van der Waals surface area (Å²) in [5, 5.41) is 9.85. The summed E-state index contributed by atoms with van der Waals surface area (Å²) in [6.07, 6.45) is 77.2. The van der Waals surface area contributed by atoms with Crippen LogP contribution in [0.15, 0.2) is 134 Å². The monoisotopic (exact) mass is 1130 g/mol. The number of aliphatic hydroxyl groups is 1. The Balaban J connectivity index is 4.83. The molecule has 0 aromatic carbocycles. The molecule has 0 fully saturated rings. The second-order valence-electron chi connectivity index (χ2n) is 20.1. The number of unbranched alkanes of at least 4 members (excludes halogenated alkanes) is 18. The van der Waals surface area contributed by atoms with Gasteiger partial charge in [0.25, 0.3) is 0 Å². The molecular weight excluding hydrogens is 1020 g/mol. The van der Waals surface area contributed by atoms with Gasteiger partial charge in [0.15, 0.2) is 6.10 Å². The van der Waals surface area contributed by atoms with Crippen LogP contribution >= 0.6 is 7.82 Å². The Labute approximate surface area is 487 Å². The minimum atomic E-state index is -4.79. The van der Waals surface area contributed by atoms with E-state index in [2.05, 4.69) is 136 Å². The molecule has 3 atom stereocenters. The van der Waals surface area contributed by atoms with Crippen molar-refractivity contribution in [3.63, 3.8) is 0 Å². The number of aliphatic hydroxyl groups excluding tert-OH is 1. The van der Waals surface area contributed by atoms with E-state index in [1.165, 1.54) is 83.5 Å². The number of ether oxygens (including phenoxy) is 3. The van der Waals surface area contributed by atoms with Crippen LogP contribution in [0.4, 0.5) is 0 Å². The molecule has 0 aromatic rings. The van der Waals surface area contributed by atoms with E-state index in [-0.39, 0.29) is 19.3 Å². The lowest BCUT2D eigenvalue weighted by atomic mass is 10.1. The molecule has 0 spiro atoms. The molecule has 11 nitrogen and oxygen atoms in total. The molecule has 0 heterocycles. The normalized spacial score (nSPS) is 14.2. The van der Waals surface area contributed by atoms with E-state index in [0.717, 1.165) is 96.3 Å². The Morgan fingerprint density at radius 3 is 1.09 bits per heavy atom. The number of phosphoric ester groups is 1. The van der Waals surface area contributed by atoms with Gasteiger partial charge in [-0.05, 0) is 116 Å². The van der Waals surface area contributed by atoms with Crippen molar-refractivity contribution in [2.75, 3.05) is 26.4 Å². The molecule has 0 radical (unpaired) electrons. The number of carbonyl (C=O) groups excluding carboxylic acids is 3. The lowest BCUT2D eigenvalue weighted by Gasteiger charge is -2.21. The van der Waals surface area contributed by atoms with Crippen LogP contribution in [0.5, 0.6) is 0 Å². The van der Waals surface area contributed by atoms with Crippen LogP contribution in [-0.2, 0) is 42.2 Å². The number of rotatable bonds is 56. The minimum absolute atomic E-state index is 0.0200. The number of hydrogen-bond acceptors (Lipinski definition) is 10. The molecule has 0 bridgehead atoms. The molecule has 3 unspecified atom stereocenters. The van der Waals surface area contributed by atoms with Crippen molar-refractivity contribution >= 4 is 25.7 Å². The molecule has 0 aromatic heterocycles. The third kappa shape index (κ3) is 58.3. The summed E-state index contributed by atoms with van der Waals surface area (Å²) < 4.78 is 39.5. The predicted octanol–water partition coefficient (Wildman–Crippen LogP) is 18.9. The van der Waals surface area contributed by atoms with Gasteiger partial charge in [0.05, 0.1) is 26.2 Å². The lowest BCUT2D eigenvalue weighted by molar-refractivity contribution is -0.161. The smallest absolute Gasteiger partial charge is 0.461 e. The summed E-state index contributed by atoms with van der Waals surface area (Å²) in [4.78, 5) is 48.6. The Bertz CT molecular complexity index is 1850. The van der Waals surface area contributed by atoms with Crippen LogP contribution in [-0.4, -0.2) is 66.5 Å². The zero-order chi connectivity index (χ0) is 58.3. The number of hydrogen-bond donors (Lipinski definition) is 2. The van der Waals surface area contributed by atoms with Crippen LogP contribution < -0.4 is 0 Å². The van der Waals surface area contributed by atoms with Gasteiger partial charge in [-0.3, -0.25) is 23.4 Å². The first-order valence-electron chi connectivity index (χ1n) is 31.1. The van der Waals surface area contributed by atoms with E-state index in [1.807, 2.05) is 12.2 Å². The molecule has 0 aliphatic carbocycles. The van der Waals surface area contributed by atoms with Crippen LogP contribution in [0.3, 0.4) is 0 Å². The third-order valence-corrected chi connectivity index (χ3v) is 13.5. The summed E-state index contributed by atoms with van der Waals surface area (Å²) in [5.41, 5.74) is 0. The number of phosphoric acid groups is 1. The van der Waals surface area contributed by atoms with Gasteiger partial charge in [0.2, 0.25) is 0 Å². The van der Waals surface area contributed by atoms with Crippen molar-refractivity contribution in [1.82, 2.24) is 0 Å². The first kappa shape index (κ1) is 75.6. The molecule has 454 valence electrons. The van der Waals surface area contributed by atoms with Crippen molar-refractivity contribution in [3.05, 3.63) is 134 Å². The van der Waals surface area contributed by atoms with Crippen molar-refractivity contribution in [2.24, 2.45) is 0 Å². The van der Waals surface area contributed by atoms with Crippen LogP contribution in [0.2, 0.25) is 0 Å². The Hall–Kier alpha value is -4.38. The summed E-state index contributed by atoms with van der Waals surface area (Å²) in [7, 11) is -4.79. The highest BCUT2D eigenvalue weighted by atomic mass is 31.2. The zero-order valence-electron chi connectivity index (χ0n) is 50.2. The van der Waals surface area contributed by atoms with Crippen LogP contribution in [0.25, 0.3) is 0 Å². The highest BCUT2D eigenvalue weighted by Crippen LogP contribution is 2.43. The average molecular weight is 1140 g/mol. The van der Waals surface area contributed by atoms with Gasteiger partial charge in [0.1, 0.15) is 12.7 Å². The first-order chi connectivity index (χ1) is 39.2. The Kier molecular flexibility index (Phi) is 57.4. The van der Waals surface area contributed by atoms with Gasteiger partial charge < -0.3 is 24.2 Å². The van der Waals surface area contributed by atoms with Crippen molar-refractivity contribution in [2.45, 2.75) is 251 Å². The van der Waals surface area contributed by atoms with E-state index in [1.54, 1.807) is 6.08 Å². The van der Waals surface area contributed by atoms with Gasteiger partial charge >= 0.3 is 25.7 Å². The molecule has 0 amide bonds. The number of carbonyl (C=O) groups is 3. The molecule has 0 aliphatic heterocycles. The van der Waals surface area contributed by atoms with Crippen molar-refractivity contribution in [1.29, 1.82) is 0 Å². The molecule has 0 aliphatic rings. The van der Waals surface area contributed by atoms with Gasteiger partial charge in [-0.1, -0.05) is 238 Å². The fraction of sp³-hybridized carbons (Fsp3) is 0.632. The zero-order valence-corrected chi connectivity index (χ0v) is 51.1. The molecule has 2 N–H and O–H groups in total. The largest absolute Gasteiger partial charge is 0.472 e. The Morgan fingerprint density at radius 1 is 0.375 bits per heavy atom. The summed E-state index contributed by atoms with van der Waals surface area (Å²) >= 11 is 0. The quantitative estimate of drug-likeness (QED) is 0.0197. The maximum absolute atomic E-state index is 12.9. The minimum Gasteiger partial charge on any atom is -0.461 e. The Morgan fingerprint density at radius 2 is 0.688 bits per heavy atom. The molecule has 80 heavy (non-hydrogen) atoms. The maximum Gasteiger partial charge on any atom is 0.472 e. The van der Waals surface area contributed by atoms with Gasteiger partial charge in [-0.15, -0.1) is 0 Å². The fourth-order valence-corrected chi connectivity index (χ4v) is 8.70. The lowest BCUT2D eigenvalue weighted by Crippen LogP contribution is -2.30. The van der Waals surface area contributed by atoms with E-state index in [9.17, 15) is 28.9 Å². The van der Waals surface area contributed by atoms with Crippen LogP contribution in [0, 0.1) is 0 Å². The summed E-state index contributed by atoms with van der Waals surface area (Å²) in [6, 6.07) is 0. The second-order valence-corrected chi connectivity index (χ2v) is 21.6. The topological polar surface area (TPSA) is 155 Å². The van der Waals surface area contributed by atoms with Gasteiger partial charge in [-0.25, -0.2) is 4.57 Å². The van der Waals surface area contributed by atoms with E-state index >= 15 is 0 Å².